The molecule has 0 aromatic heterocycles. The van der Waals surface area contributed by atoms with Gasteiger partial charge in [-0.1, -0.05) is 5.57 Å². The maximum Gasteiger partial charge on any atom is 0.328 e. The standard InChI is InChI=1S/C10H14O4/c11-9(12)7-8-1-3-10(4-2-8)13-5-6-14-10/h7H,1-6H2,(H,11,12). The number of aliphatic carboxylic acids is 1. The van der Waals surface area contributed by atoms with Gasteiger partial charge in [-0.15, -0.1) is 0 Å². The lowest BCUT2D eigenvalue weighted by Crippen LogP contribution is -2.33. The van der Waals surface area contributed by atoms with Crippen LogP contribution in [-0.2, 0) is 14.3 Å². The van der Waals surface area contributed by atoms with E-state index < -0.39 is 11.8 Å². The molecule has 1 aliphatic carbocycles. The fourth-order valence-electron chi connectivity index (χ4n) is 2.06. The van der Waals surface area contributed by atoms with Crippen molar-refractivity contribution >= 4 is 5.97 Å². The lowest BCUT2D eigenvalue weighted by atomic mass is 9.89. The van der Waals surface area contributed by atoms with Gasteiger partial charge in [-0.2, -0.15) is 0 Å². The lowest BCUT2D eigenvalue weighted by molar-refractivity contribution is -0.171. The van der Waals surface area contributed by atoms with E-state index in [1.54, 1.807) is 0 Å². The van der Waals surface area contributed by atoms with Crippen molar-refractivity contribution in [3.8, 4) is 0 Å². The fraction of sp³-hybridized carbons (Fsp3) is 0.700. The molecule has 0 aromatic rings. The lowest BCUT2D eigenvalue weighted by Gasteiger charge is -2.32. The van der Waals surface area contributed by atoms with Crippen LogP contribution in [0.5, 0.6) is 0 Å². The van der Waals surface area contributed by atoms with Crippen LogP contribution in [0.3, 0.4) is 0 Å². The number of ether oxygens (including phenoxy) is 2. The average Bonchev–Trinajstić information content (AvgIpc) is 2.58. The molecular formula is C10H14O4. The van der Waals surface area contributed by atoms with Crippen LogP contribution < -0.4 is 0 Å². The van der Waals surface area contributed by atoms with E-state index in [2.05, 4.69) is 0 Å². The van der Waals surface area contributed by atoms with Crippen LogP contribution in [0.4, 0.5) is 0 Å². The molecule has 4 nitrogen and oxygen atoms in total. The minimum absolute atomic E-state index is 0.393. The summed E-state index contributed by atoms with van der Waals surface area (Å²) in [5.41, 5.74) is 0.988. The molecule has 0 unspecified atom stereocenters. The molecular weight excluding hydrogens is 184 g/mol. The molecule has 2 aliphatic rings. The van der Waals surface area contributed by atoms with Crippen molar-refractivity contribution in [2.24, 2.45) is 0 Å². The van der Waals surface area contributed by atoms with Gasteiger partial charge < -0.3 is 14.6 Å². The second kappa shape index (κ2) is 3.71. The Bertz CT molecular complexity index is 251. The number of hydrogen-bond donors (Lipinski definition) is 1. The van der Waals surface area contributed by atoms with Gasteiger partial charge in [0.1, 0.15) is 0 Å². The van der Waals surface area contributed by atoms with E-state index in [-0.39, 0.29) is 0 Å². The van der Waals surface area contributed by atoms with Crippen molar-refractivity contribution in [2.45, 2.75) is 31.5 Å². The summed E-state index contributed by atoms with van der Waals surface area (Å²) in [5, 5.41) is 8.58. The molecule has 0 atom stereocenters. The summed E-state index contributed by atoms with van der Waals surface area (Å²) < 4.78 is 11.1. The Kier molecular flexibility index (Phi) is 2.56. The van der Waals surface area contributed by atoms with E-state index in [0.717, 1.165) is 31.3 Å². The summed E-state index contributed by atoms with van der Waals surface area (Å²) >= 11 is 0. The Morgan fingerprint density at radius 2 is 1.86 bits per heavy atom. The van der Waals surface area contributed by atoms with E-state index in [0.29, 0.717) is 13.2 Å². The van der Waals surface area contributed by atoms with Gasteiger partial charge in [0.15, 0.2) is 5.79 Å². The highest BCUT2D eigenvalue weighted by Crippen LogP contribution is 2.37. The molecule has 0 radical (unpaired) electrons. The van der Waals surface area contributed by atoms with E-state index >= 15 is 0 Å². The third-order valence-corrected chi connectivity index (χ3v) is 2.80. The quantitative estimate of drug-likeness (QED) is 0.645. The number of hydrogen-bond acceptors (Lipinski definition) is 3. The molecule has 1 N–H and O–H groups in total. The van der Waals surface area contributed by atoms with Gasteiger partial charge in [-0.05, 0) is 12.8 Å². The van der Waals surface area contributed by atoms with Gasteiger partial charge in [0.25, 0.3) is 0 Å². The van der Waals surface area contributed by atoms with Gasteiger partial charge >= 0.3 is 5.97 Å². The Morgan fingerprint density at radius 3 is 2.36 bits per heavy atom. The number of carboxylic acids is 1. The first kappa shape index (κ1) is 9.68. The molecule has 1 saturated heterocycles. The van der Waals surface area contributed by atoms with Gasteiger partial charge in [0.05, 0.1) is 13.2 Å². The summed E-state index contributed by atoms with van der Waals surface area (Å²) in [6.07, 6.45) is 4.42. The zero-order valence-corrected chi connectivity index (χ0v) is 7.99. The van der Waals surface area contributed by atoms with Crippen molar-refractivity contribution < 1.29 is 19.4 Å². The highest BCUT2D eigenvalue weighted by atomic mass is 16.7. The second-order valence-electron chi connectivity index (χ2n) is 3.75. The van der Waals surface area contributed by atoms with E-state index in [4.69, 9.17) is 14.6 Å². The monoisotopic (exact) mass is 198 g/mol. The predicted molar refractivity (Wildman–Crippen MR) is 48.8 cm³/mol. The maximum atomic E-state index is 10.4. The van der Waals surface area contributed by atoms with Crippen molar-refractivity contribution in [1.82, 2.24) is 0 Å². The molecule has 1 heterocycles. The molecule has 78 valence electrons. The molecule has 2 rings (SSSR count). The van der Waals surface area contributed by atoms with Crippen LogP contribution in [0.15, 0.2) is 11.6 Å². The highest BCUT2D eigenvalue weighted by molar-refractivity contribution is 5.80. The van der Waals surface area contributed by atoms with Crippen LogP contribution in [0.1, 0.15) is 25.7 Å². The van der Waals surface area contributed by atoms with Gasteiger partial charge in [0, 0.05) is 18.9 Å². The Morgan fingerprint density at radius 1 is 1.29 bits per heavy atom. The first-order valence-corrected chi connectivity index (χ1v) is 4.90. The number of carboxylic acid groups (broad SMARTS) is 1. The first-order chi connectivity index (χ1) is 6.70. The van der Waals surface area contributed by atoms with Crippen LogP contribution in [0.25, 0.3) is 0 Å². The van der Waals surface area contributed by atoms with Crippen LogP contribution in [-0.4, -0.2) is 30.1 Å². The Labute approximate surface area is 82.5 Å². The summed E-state index contributed by atoms with van der Waals surface area (Å²) in [6.45, 7) is 1.33. The second-order valence-corrected chi connectivity index (χ2v) is 3.75. The van der Waals surface area contributed by atoms with Gasteiger partial charge in [-0.3, -0.25) is 0 Å². The van der Waals surface area contributed by atoms with E-state index in [1.807, 2.05) is 0 Å². The zero-order valence-electron chi connectivity index (χ0n) is 7.99. The predicted octanol–water partition coefficient (Wildman–Crippen LogP) is 1.31. The smallest absolute Gasteiger partial charge is 0.328 e. The zero-order chi connectivity index (χ0) is 10.0. The SMILES string of the molecule is O=C(O)C=C1CCC2(CC1)OCCO2. The first-order valence-electron chi connectivity index (χ1n) is 4.90. The van der Waals surface area contributed by atoms with Crippen LogP contribution >= 0.6 is 0 Å². The Hall–Kier alpha value is -0.870. The summed E-state index contributed by atoms with van der Waals surface area (Å²) in [5.74, 6) is -1.25. The molecule has 2 fully saturated rings. The minimum atomic E-state index is -0.857. The van der Waals surface area contributed by atoms with Crippen molar-refractivity contribution in [1.29, 1.82) is 0 Å². The van der Waals surface area contributed by atoms with Crippen LogP contribution in [0.2, 0.25) is 0 Å². The molecule has 0 bridgehead atoms. The fourth-order valence-corrected chi connectivity index (χ4v) is 2.06. The van der Waals surface area contributed by atoms with Gasteiger partial charge in [-0.25, -0.2) is 4.79 Å². The summed E-state index contributed by atoms with van der Waals surface area (Å²) in [4.78, 5) is 10.4. The third kappa shape index (κ3) is 1.96. The molecule has 14 heavy (non-hydrogen) atoms. The Balaban J connectivity index is 1.94. The molecule has 0 amide bonds. The van der Waals surface area contributed by atoms with Crippen molar-refractivity contribution in [2.75, 3.05) is 13.2 Å². The molecule has 1 saturated carbocycles. The van der Waals surface area contributed by atoms with Crippen molar-refractivity contribution in [3.05, 3.63) is 11.6 Å². The molecule has 0 aromatic carbocycles. The number of rotatable bonds is 1. The highest BCUT2D eigenvalue weighted by Gasteiger charge is 2.38. The summed E-state index contributed by atoms with van der Waals surface area (Å²) in [6, 6.07) is 0. The van der Waals surface area contributed by atoms with E-state index in [9.17, 15) is 4.79 Å². The van der Waals surface area contributed by atoms with Gasteiger partial charge in [0.2, 0.25) is 0 Å². The minimum Gasteiger partial charge on any atom is -0.478 e. The third-order valence-electron chi connectivity index (χ3n) is 2.80. The number of carbonyl (C=O) groups is 1. The molecule has 1 aliphatic heterocycles. The van der Waals surface area contributed by atoms with E-state index in [1.165, 1.54) is 6.08 Å². The molecule has 1 spiro atoms. The molecule has 4 heteroatoms. The normalized spacial score (nSPS) is 25.3. The topological polar surface area (TPSA) is 55.8 Å². The average molecular weight is 198 g/mol. The summed E-state index contributed by atoms with van der Waals surface area (Å²) in [7, 11) is 0. The van der Waals surface area contributed by atoms with Crippen molar-refractivity contribution in [3.63, 3.8) is 0 Å². The largest absolute Gasteiger partial charge is 0.478 e. The number of allylic oxidation sites excluding steroid dienone is 1. The van der Waals surface area contributed by atoms with Crippen LogP contribution in [0, 0.1) is 0 Å². The maximum absolute atomic E-state index is 10.4.